The molecule has 0 bridgehead atoms. The molecule has 8 nitrogen and oxygen atoms in total. The lowest BCUT2D eigenvalue weighted by Crippen LogP contribution is -2.33. The number of aromatic nitrogens is 4. The fraction of sp³-hybridized carbons (Fsp3) is 0.444. The molecule has 27 heavy (non-hydrogen) atoms. The van der Waals surface area contributed by atoms with E-state index in [0.717, 1.165) is 21.6 Å². The average molecular weight is 386 g/mol. The van der Waals surface area contributed by atoms with Gasteiger partial charge in [-0.2, -0.15) is 5.10 Å². The van der Waals surface area contributed by atoms with Gasteiger partial charge in [0.2, 0.25) is 5.91 Å². The first-order valence-corrected chi connectivity index (χ1v) is 9.74. The molecule has 4 heterocycles. The van der Waals surface area contributed by atoms with E-state index in [4.69, 9.17) is 4.74 Å². The molecule has 0 radical (unpaired) electrons. The summed E-state index contributed by atoms with van der Waals surface area (Å²) in [6.45, 7) is 1.75. The van der Waals surface area contributed by atoms with E-state index in [1.54, 1.807) is 29.5 Å². The smallest absolute Gasteiger partial charge is 0.223 e. The third-order valence-electron chi connectivity index (χ3n) is 4.92. The standard InChI is InChI=1S/C18H22N6O2S/c1-23-10-13(9-22-23)16-12(7-15(25)24(16)4-5-26-2)8-19-18-17-14(3-6-27-17)20-11-21-18/h3,6,9-12,16H,4-5,7-8H2,1-2H3,(H,19,20,21)/t12-,16+/m1/s1. The molecular weight excluding hydrogens is 364 g/mol. The minimum atomic E-state index is -0.0190. The summed E-state index contributed by atoms with van der Waals surface area (Å²) in [5.74, 6) is 1.10. The number of amides is 1. The Labute approximate surface area is 161 Å². The van der Waals surface area contributed by atoms with E-state index in [0.29, 0.717) is 26.1 Å². The van der Waals surface area contributed by atoms with Crippen LogP contribution in [0.15, 0.2) is 30.2 Å². The zero-order valence-electron chi connectivity index (χ0n) is 15.3. The Morgan fingerprint density at radius 2 is 2.30 bits per heavy atom. The number of fused-ring (bicyclic) bond motifs is 1. The van der Waals surface area contributed by atoms with E-state index in [1.165, 1.54) is 0 Å². The Bertz CT molecular complexity index is 939. The van der Waals surface area contributed by atoms with Crippen LogP contribution in [0.3, 0.4) is 0 Å². The molecule has 1 aliphatic heterocycles. The van der Waals surface area contributed by atoms with Crippen LogP contribution in [0.5, 0.6) is 0 Å². The van der Waals surface area contributed by atoms with Gasteiger partial charge >= 0.3 is 0 Å². The summed E-state index contributed by atoms with van der Waals surface area (Å²) in [4.78, 5) is 23.2. The maximum atomic E-state index is 12.7. The summed E-state index contributed by atoms with van der Waals surface area (Å²) in [6, 6.07) is 1.96. The van der Waals surface area contributed by atoms with Crippen molar-refractivity contribution < 1.29 is 9.53 Å². The van der Waals surface area contributed by atoms with Gasteiger partial charge in [-0.3, -0.25) is 9.48 Å². The molecule has 9 heteroatoms. The first kappa shape index (κ1) is 17.9. The predicted molar refractivity (Wildman–Crippen MR) is 104 cm³/mol. The Kier molecular flexibility index (Phi) is 5.04. The molecule has 142 valence electrons. The molecule has 4 rings (SSSR count). The number of carbonyl (C=O) groups excluding carboxylic acids is 1. The van der Waals surface area contributed by atoms with E-state index in [-0.39, 0.29) is 17.9 Å². The third kappa shape index (κ3) is 3.52. The third-order valence-corrected chi connectivity index (χ3v) is 5.83. The second kappa shape index (κ2) is 7.61. The van der Waals surface area contributed by atoms with Crippen molar-refractivity contribution in [3.05, 3.63) is 35.7 Å². The SMILES string of the molecule is COCCN1C(=O)C[C@H](CNc2ncnc3ccsc23)[C@H]1c1cnn(C)c1. The normalized spacial score (nSPS) is 19.9. The molecule has 0 spiro atoms. The highest BCUT2D eigenvalue weighted by Gasteiger charge is 2.40. The van der Waals surface area contributed by atoms with Crippen molar-refractivity contribution in [3.8, 4) is 0 Å². The molecule has 2 atom stereocenters. The van der Waals surface area contributed by atoms with Crippen LogP contribution < -0.4 is 5.32 Å². The summed E-state index contributed by atoms with van der Waals surface area (Å²) in [6.07, 6.45) is 5.89. The van der Waals surface area contributed by atoms with Crippen LogP contribution in [-0.4, -0.2) is 57.4 Å². The Hall–Kier alpha value is -2.52. The van der Waals surface area contributed by atoms with Crippen molar-refractivity contribution in [3.63, 3.8) is 0 Å². The fourth-order valence-corrected chi connectivity index (χ4v) is 4.50. The molecule has 1 aliphatic rings. The number of hydrogen-bond acceptors (Lipinski definition) is 7. The van der Waals surface area contributed by atoms with Gasteiger partial charge in [0.15, 0.2) is 0 Å². The molecule has 1 saturated heterocycles. The second-order valence-corrected chi connectivity index (χ2v) is 7.59. The van der Waals surface area contributed by atoms with Gasteiger partial charge in [0.05, 0.1) is 29.1 Å². The molecule has 1 fully saturated rings. The van der Waals surface area contributed by atoms with Gasteiger partial charge in [-0.25, -0.2) is 9.97 Å². The summed E-state index contributed by atoms with van der Waals surface area (Å²) >= 11 is 1.61. The van der Waals surface area contributed by atoms with Gasteiger partial charge in [0.1, 0.15) is 12.1 Å². The fourth-order valence-electron chi connectivity index (χ4n) is 3.69. The number of rotatable bonds is 7. The van der Waals surface area contributed by atoms with Crippen LogP contribution >= 0.6 is 11.3 Å². The lowest BCUT2D eigenvalue weighted by atomic mass is 9.95. The quantitative estimate of drug-likeness (QED) is 0.669. The number of ether oxygens (including phenoxy) is 1. The van der Waals surface area contributed by atoms with Crippen molar-refractivity contribution in [1.82, 2.24) is 24.6 Å². The largest absolute Gasteiger partial charge is 0.383 e. The summed E-state index contributed by atoms with van der Waals surface area (Å²) in [5.41, 5.74) is 1.99. The van der Waals surface area contributed by atoms with Gasteiger partial charge in [-0.05, 0) is 11.4 Å². The van der Waals surface area contributed by atoms with Gasteiger partial charge in [0, 0.05) is 51.3 Å². The van der Waals surface area contributed by atoms with Crippen LogP contribution in [0.25, 0.3) is 10.2 Å². The van der Waals surface area contributed by atoms with Crippen molar-refractivity contribution in [2.24, 2.45) is 13.0 Å². The minimum Gasteiger partial charge on any atom is -0.383 e. The number of nitrogens with one attached hydrogen (secondary N) is 1. The highest BCUT2D eigenvalue weighted by atomic mass is 32.1. The number of nitrogens with zero attached hydrogens (tertiary/aromatic N) is 5. The highest BCUT2D eigenvalue weighted by molar-refractivity contribution is 7.17. The second-order valence-electron chi connectivity index (χ2n) is 6.67. The first-order chi connectivity index (χ1) is 13.2. The van der Waals surface area contributed by atoms with Crippen LogP contribution in [0.2, 0.25) is 0 Å². The summed E-state index contributed by atoms with van der Waals surface area (Å²) in [5, 5.41) is 9.75. The Morgan fingerprint density at radius 3 is 3.07 bits per heavy atom. The number of hydrogen-bond donors (Lipinski definition) is 1. The Morgan fingerprint density at radius 1 is 1.41 bits per heavy atom. The average Bonchev–Trinajstić information content (AvgIpc) is 3.37. The zero-order chi connectivity index (χ0) is 18.8. The number of carbonyl (C=O) groups is 1. The van der Waals surface area contributed by atoms with Gasteiger partial charge < -0.3 is 15.0 Å². The van der Waals surface area contributed by atoms with E-state index in [9.17, 15) is 4.79 Å². The summed E-state index contributed by atoms with van der Waals surface area (Å²) < 4.78 is 8.01. The van der Waals surface area contributed by atoms with Crippen LogP contribution in [0.1, 0.15) is 18.0 Å². The molecule has 1 N–H and O–H groups in total. The molecule has 0 aliphatic carbocycles. The maximum absolute atomic E-state index is 12.7. The van der Waals surface area contributed by atoms with Crippen molar-refractivity contribution in [2.45, 2.75) is 12.5 Å². The van der Waals surface area contributed by atoms with Gasteiger partial charge in [0.25, 0.3) is 0 Å². The summed E-state index contributed by atoms with van der Waals surface area (Å²) in [7, 11) is 3.54. The molecule has 0 unspecified atom stereocenters. The van der Waals surface area contributed by atoms with Gasteiger partial charge in [-0.15, -0.1) is 11.3 Å². The monoisotopic (exact) mass is 386 g/mol. The first-order valence-electron chi connectivity index (χ1n) is 8.86. The minimum absolute atomic E-state index is 0.0190. The molecule has 0 aromatic carbocycles. The number of thiophene rings is 1. The maximum Gasteiger partial charge on any atom is 0.223 e. The number of likely N-dealkylation sites (tertiary alicyclic amines) is 1. The molecule has 1 amide bonds. The lowest BCUT2D eigenvalue weighted by molar-refractivity contribution is -0.129. The molecule has 3 aromatic rings. The number of methoxy groups -OCH3 is 1. The topological polar surface area (TPSA) is 85.2 Å². The van der Waals surface area contributed by atoms with Crippen molar-refractivity contribution in [1.29, 1.82) is 0 Å². The molecule has 3 aromatic heterocycles. The van der Waals surface area contributed by atoms with E-state index in [2.05, 4.69) is 20.4 Å². The van der Waals surface area contributed by atoms with Crippen LogP contribution in [-0.2, 0) is 16.6 Å². The molecular formula is C18H22N6O2S. The number of aryl methyl sites for hydroxylation is 1. The van der Waals surface area contributed by atoms with E-state index < -0.39 is 0 Å². The van der Waals surface area contributed by atoms with E-state index >= 15 is 0 Å². The lowest BCUT2D eigenvalue weighted by Gasteiger charge is -2.27. The molecule has 0 saturated carbocycles. The highest BCUT2D eigenvalue weighted by Crippen LogP contribution is 2.38. The zero-order valence-corrected chi connectivity index (χ0v) is 16.1. The van der Waals surface area contributed by atoms with Crippen LogP contribution in [0.4, 0.5) is 5.82 Å². The van der Waals surface area contributed by atoms with E-state index in [1.807, 2.05) is 35.8 Å². The van der Waals surface area contributed by atoms with Gasteiger partial charge in [-0.1, -0.05) is 0 Å². The van der Waals surface area contributed by atoms with Crippen LogP contribution in [0, 0.1) is 5.92 Å². The van der Waals surface area contributed by atoms with Crippen molar-refractivity contribution in [2.75, 3.05) is 32.1 Å². The predicted octanol–water partition coefficient (Wildman–Crippen LogP) is 2.07. The number of anilines is 1. The Balaban J connectivity index is 1.56. The van der Waals surface area contributed by atoms with Crippen molar-refractivity contribution >= 4 is 33.3 Å².